The quantitative estimate of drug-likeness (QED) is 0.214. The Labute approximate surface area is 249 Å². The molecule has 0 spiro atoms. The Balaban J connectivity index is 1.26. The number of ether oxygens (including phenoxy) is 2. The molecule has 1 amide bonds. The number of hydrogen-bond donors (Lipinski definition) is 1. The molecule has 2 aromatic heterocycles. The zero-order chi connectivity index (χ0) is 29.3. The number of aromatic nitrogens is 3. The van der Waals surface area contributed by atoms with Gasteiger partial charge in [-0.3, -0.25) is 9.58 Å². The zero-order valence-corrected chi connectivity index (χ0v) is 23.9. The number of amides is 1. The molecule has 0 aliphatic carbocycles. The third-order valence-electron chi connectivity index (χ3n) is 8.36. The maximum absolute atomic E-state index is 11.9. The van der Waals surface area contributed by atoms with Crippen LogP contribution in [0.2, 0.25) is 0 Å². The average molecular weight is 573 g/mol. The van der Waals surface area contributed by atoms with Gasteiger partial charge in [0, 0.05) is 30.1 Å². The normalized spacial score (nSPS) is 17.6. The van der Waals surface area contributed by atoms with Crippen LogP contribution in [0.5, 0.6) is 11.8 Å². The molecule has 0 unspecified atom stereocenters. The van der Waals surface area contributed by atoms with E-state index < -0.39 is 6.09 Å². The van der Waals surface area contributed by atoms with Crippen LogP contribution >= 0.6 is 0 Å². The highest BCUT2D eigenvalue weighted by atomic mass is 16.5. The highest BCUT2D eigenvalue weighted by Crippen LogP contribution is 2.42. The van der Waals surface area contributed by atoms with Gasteiger partial charge in [-0.25, -0.2) is 4.79 Å². The lowest BCUT2D eigenvalue weighted by Gasteiger charge is -2.32. The Morgan fingerprint density at radius 1 is 0.860 bits per heavy atom. The van der Waals surface area contributed by atoms with Gasteiger partial charge in [0.15, 0.2) is 0 Å². The topological polar surface area (TPSA) is 89.7 Å². The first-order valence-corrected chi connectivity index (χ1v) is 14.6. The summed E-state index contributed by atoms with van der Waals surface area (Å²) >= 11 is 0. The van der Waals surface area contributed by atoms with Crippen LogP contribution in [0, 0.1) is 0 Å². The lowest BCUT2D eigenvalue weighted by atomic mass is 9.93. The number of para-hydroxylation sites is 1. The van der Waals surface area contributed by atoms with E-state index in [9.17, 15) is 9.90 Å². The fourth-order valence-corrected chi connectivity index (χ4v) is 6.37. The first-order valence-electron chi connectivity index (χ1n) is 14.6. The molecule has 2 aliphatic heterocycles. The maximum atomic E-state index is 11.9. The lowest BCUT2D eigenvalue weighted by molar-refractivity contribution is 0.128. The van der Waals surface area contributed by atoms with E-state index >= 15 is 0 Å². The van der Waals surface area contributed by atoms with Gasteiger partial charge >= 0.3 is 6.09 Å². The van der Waals surface area contributed by atoms with Crippen LogP contribution in [-0.4, -0.2) is 42.9 Å². The highest BCUT2D eigenvalue weighted by molar-refractivity contribution is 6.00. The Kier molecular flexibility index (Phi) is 7.02. The first kappa shape index (κ1) is 26.8. The molecule has 43 heavy (non-hydrogen) atoms. The molecule has 216 valence electrons. The number of benzene rings is 3. The van der Waals surface area contributed by atoms with E-state index in [4.69, 9.17) is 19.6 Å². The van der Waals surface area contributed by atoms with Crippen LogP contribution in [0.25, 0.3) is 27.7 Å². The Morgan fingerprint density at radius 2 is 1.58 bits per heavy atom. The van der Waals surface area contributed by atoms with Crippen molar-refractivity contribution in [2.24, 2.45) is 7.05 Å². The summed E-state index contributed by atoms with van der Waals surface area (Å²) in [5, 5.41) is 15.7. The molecule has 5 aromatic rings. The van der Waals surface area contributed by atoms with Crippen molar-refractivity contribution in [2.45, 2.75) is 44.6 Å². The molecular formula is C35H32N4O4. The second-order valence-corrected chi connectivity index (χ2v) is 11.1. The summed E-state index contributed by atoms with van der Waals surface area (Å²) in [6, 6.07) is 30.0. The van der Waals surface area contributed by atoms with E-state index in [1.807, 2.05) is 90.6 Å². The number of rotatable bonds is 8. The fraction of sp³-hybridized carbons (Fsp3) is 0.229. The Bertz CT molecular complexity index is 1820. The summed E-state index contributed by atoms with van der Waals surface area (Å²) < 4.78 is 14.3. The van der Waals surface area contributed by atoms with Crippen molar-refractivity contribution in [1.82, 2.24) is 19.7 Å². The van der Waals surface area contributed by atoms with Crippen LogP contribution in [0.15, 0.2) is 97.1 Å². The molecule has 7 rings (SSSR count). The SMILES string of the molecule is Cn1nc(-c2ccc(OCc3ccccc3)nc2OCc2ccccc2)c2cccc(C3=C[C@@H]4CC[C@H](C3)N4C(=O)O)c21. The molecule has 2 bridgehead atoms. The largest absolute Gasteiger partial charge is 0.473 e. The summed E-state index contributed by atoms with van der Waals surface area (Å²) in [5.41, 5.74) is 6.91. The monoisotopic (exact) mass is 572 g/mol. The van der Waals surface area contributed by atoms with E-state index in [0.29, 0.717) is 31.4 Å². The zero-order valence-electron chi connectivity index (χ0n) is 23.9. The molecule has 4 heterocycles. The molecule has 0 radical (unpaired) electrons. The Hall–Kier alpha value is -5.11. The summed E-state index contributed by atoms with van der Waals surface area (Å²) in [6.45, 7) is 0.756. The number of aryl methyl sites for hydroxylation is 1. The smallest absolute Gasteiger partial charge is 0.408 e. The van der Waals surface area contributed by atoms with Gasteiger partial charge in [0.25, 0.3) is 0 Å². The van der Waals surface area contributed by atoms with Crippen molar-refractivity contribution < 1.29 is 19.4 Å². The van der Waals surface area contributed by atoms with Crippen molar-refractivity contribution in [2.75, 3.05) is 0 Å². The molecule has 2 atom stereocenters. The van der Waals surface area contributed by atoms with E-state index in [1.165, 1.54) is 5.57 Å². The number of carbonyl (C=O) groups is 1. The number of carboxylic acid groups (broad SMARTS) is 1. The predicted molar refractivity (Wildman–Crippen MR) is 165 cm³/mol. The molecular weight excluding hydrogens is 540 g/mol. The molecule has 1 saturated heterocycles. The van der Waals surface area contributed by atoms with Gasteiger partial charge in [-0.1, -0.05) is 84.9 Å². The van der Waals surface area contributed by atoms with Gasteiger partial charge in [0.1, 0.15) is 18.9 Å². The van der Waals surface area contributed by atoms with E-state index in [2.05, 4.69) is 18.2 Å². The van der Waals surface area contributed by atoms with Crippen LogP contribution < -0.4 is 9.47 Å². The average Bonchev–Trinajstić information content (AvgIpc) is 3.52. The number of fused-ring (bicyclic) bond motifs is 3. The van der Waals surface area contributed by atoms with Gasteiger partial charge in [0.05, 0.1) is 17.1 Å². The van der Waals surface area contributed by atoms with Crippen LogP contribution in [0.1, 0.15) is 36.0 Å². The summed E-state index contributed by atoms with van der Waals surface area (Å²) in [4.78, 5) is 18.3. The Morgan fingerprint density at radius 3 is 2.28 bits per heavy atom. The van der Waals surface area contributed by atoms with Gasteiger partial charge < -0.3 is 14.6 Å². The van der Waals surface area contributed by atoms with Gasteiger partial charge in [0.2, 0.25) is 11.8 Å². The van der Waals surface area contributed by atoms with Crippen LogP contribution in [0.4, 0.5) is 4.79 Å². The van der Waals surface area contributed by atoms with E-state index in [0.717, 1.165) is 51.7 Å². The summed E-state index contributed by atoms with van der Waals surface area (Å²) in [5.74, 6) is 0.925. The first-order chi connectivity index (χ1) is 21.0. The lowest BCUT2D eigenvalue weighted by Crippen LogP contribution is -2.42. The standard InChI is InChI=1S/C35H32N4O4/c1-38-33-28(25-19-26-15-16-27(20-25)39(26)35(40)41)13-8-14-29(33)32(37-38)30-17-18-31(42-21-23-9-4-2-5-10-23)36-34(30)43-22-24-11-6-3-7-12-24/h2-14,17-19,26-27H,15-16,20-22H2,1H3,(H,40,41)/t26-,27+/m0/s1. The molecule has 0 saturated carbocycles. The minimum atomic E-state index is -0.837. The van der Waals surface area contributed by atoms with Crippen molar-refractivity contribution in [3.05, 3.63) is 114 Å². The van der Waals surface area contributed by atoms with Crippen molar-refractivity contribution in [3.8, 4) is 23.0 Å². The van der Waals surface area contributed by atoms with Gasteiger partial charge in [-0.15, -0.1) is 0 Å². The van der Waals surface area contributed by atoms with Crippen molar-refractivity contribution in [1.29, 1.82) is 0 Å². The summed E-state index contributed by atoms with van der Waals surface area (Å²) in [7, 11) is 1.95. The fourth-order valence-electron chi connectivity index (χ4n) is 6.37. The predicted octanol–water partition coefficient (Wildman–Crippen LogP) is 7.09. The summed E-state index contributed by atoms with van der Waals surface area (Å²) in [6.07, 6.45) is 3.74. The van der Waals surface area contributed by atoms with E-state index in [1.54, 1.807) is 4.90 Å². The van der Waals surface area contributed by atoms with Crippen LogP contribution in [0.3, 0.4) is 0 Å². The molecule has 1 N–H and O–H groups in total. The molecule has 1 fully saturated rings. The van der Waals surface area contributed by atoms with Crippen molar-refractivity contribution >= 4 is 22.6 Å². The maximum Gasteiger partial charge on any atom is 0.408 e. The van der Waals surface area contributed by atoms with Crippen molar-refractivity contribution in [3.63, 3.8) is 0 Å². The number of hydrogen-bond acceptors (Lipinski definition) is 5. The molecule has 8 nitrogen and oxygen atoms in total. The van der Waals surface area contributed by atoms with Gasteiger partial charge in [-0.05, 0) is 42.0 Å². The minimum Gasteiger partial charge on any atom is -0.473 e. The number of pyridine rings is 1. The van der Waals surface area contributed by atoms with Crippen LogP contribution in [-0.2, 0) is 20.3 Å². The molecule has 2 aliphatic rings. The third-order valence-corrected chi connectivity index (χ3v) is 8.36. The molecule has 8 heteroatoms. The second-order valence-electron chi connectivity index (χ2n) is 11.1. The molecule has 3 aromatic carbocycles. The number of nitrogens with zero attached hydrogens (tertiary/aromatic N) is 4. The third kappa shape index (κ3) is 5.20. The van der Waals surface area contributed by atoms with Gasteiger partial charge in [-0.2, -0.15) is 10.1 Å². The minimum absolute atomic E-state index is 0.0103. The van der Waals surface area contributed by atoms with E-state index in [-0.39, 0.29) is 12.1 Å². The second kappa shape index (κ2) is 11.3. The highest BCUT2D eigenvalue weighted by Gasteiger charge is 2.40.